The summed E-state index contributed by atoms with van der Waals surface area (Å²) >= 11 is 0. The Morgan fingerprint density at radius 2 is 1.73 bits per heavy atom. The maximum Gasteiger partial charge on any atom is 0.275 e. The van der Waals surface area contributed by atoms with Gasteiger partial charge in [0.2, 0.25) is 0 Å². The van der Waals surface area contributed by atoms with Crippen molar-refractivity contribution < 1.29 is 9.59 Å². The first kappa shape index (κ1) is 23.5. The molecule has 8 heteroatoms. The molecular formula is C29H30N6O2. The van der Waals surface area contributed by atoms with Crippen molar-refractivity contribution in [1.82, 2.24) is 20.2 Å². The number of rotatable bonds is 7. The zero-order valence-corrected chi connectivity index (χ0v) is 20.7. The first-order valence-electron chi connectivity index (χ1n) is 13.1. The third kappa shape index (κ3) is 5.15. The number of aromatic nitrogens is 2. The molecular weight excluding hydrogens is 464 g/mol. The minimum absolute atomic E-state index is 0.173. The normalized spacial score (nSPS) is 17.1. The largest absolute Gasteiger partial charge is 0.348 e. The van der Waals surface area contributed by atoms with Gasteiger partial charge in [0.05, 0.1) is 17.6 Å². The molecule has 6 rings (SSSR count). The van der Waals surface area contributed by atoms with E-state index in [1.54, 1.807) is 12.1 Å². The van der Waals surface area contributed by atoms with E-state index in [1.165, 1.54) is 24.6 Å². The molecule has 0 radical (unpaired) electrons. The predicted molar refractivity (Wildman–Crippen MR) is 143 cm³/mol. The molecule has 1 saturated heterocycles. The molecule has 0 spiro atoms. The molecule has 2 N–H and O–H groups in total. The second-order valence-corrected chi connectivity index (χ2v) is 10.1. The lowest BCUT2D eigenvalue weighted by atomic mass is 9.95. The molecule has 2 aliphatic heterocycles. The highest BCUT2D eigenvalue weighted by molar-refractivity contribution is 6.52. The van der Waals surface area contributed by atoms with Crippen molar-refractivity contribution in [3.63, 3.8) is 0 Å². The maximum atomic E-state index is 12.9. The average molecular weight is 495 g/mol. The molecule has 8 nitrogen and oxygen atoms in total. The van der Waals surface area contributed by atoms with Gasteiger partial charge in [0, 0.05) is 36.1 Å². The van der Waals surface area contributed by atoms with Crippen LogP contribution in [0.2, 0.25) is 0 Å². The van der Waals surface area contributed by atoms with Crippen molar-refractivity contribution in [1.29, 1.82) is 0 Å². The monoisotopic (exact) mass is 494 g/mol. The third-order valence-electron chi connectivity index (χ3n) is 7.38. The van der Waals surface area contributed by atoms with Gasteiger partial charge in [0.25, 0.3) is 11.8 Å². The number of aliphatic imine (C=N–C) groups is 1. The first-order valence-corrected chi connectivity index (χ1v) is 13.1. The van der Waals surface area contributed by atoms with E-state index in [0.29, 0.717) is 17.1 Å². The lowest BCUT2D eigenvalue weighted by molar-refractivity contribution is -0.110. The fourth-order valence-corrected chi connectivity index (χ4v) is 5.36. The standard InChI is InChI=1S/C29H30N6O2/c36-28(32-22-5-1-2-6-22)26-10-8-23(17-31-26)33-29(37)27-24-14-20(7-9-25(24)34-27)21-13-19(15-30-16-21)18-35-11-3-4-12-35/h7-10,13-17,22H,1-6,11-12,18H2,(H,32,36)(H,33,37). The Kier molecular flexibility index (Phi) is 6.49. The van der Waals surface area contributed by atoms with Crippen LogP contribution in [0.5, 0.6) is 0 Å². The summed E-state index contributed by atoms with van der Waals surface area (Å²) in [4.78, 5) is 40.9. The Bertz CT molecular complexity index is 1360. The van der Waals surface area contributed by atoms with Crippen LogP contribution in [0.3, 0.4) is 0 Å². The summed E-state index contributed by atoms with van der Waals surface area (Å²) in [5.74, 6) is -0.468. The van der Waals surface area contributed by atoms with Crippen molar-refractivity contribution in [2.24, 2.45) is 4.99 Å². The molecule has 2 amide bonds. The van der Waals surface area contributed by atoms with Gasteiger partial charge < -0.3 is 10.6 Å². The van der Waals surface area contributed by atoms with Gasteiger partial charge in [-0.25, -0.2) is 9.98 Å². The summed E-state index contributed by atoms with van der Waals surface area (Å²) in [6, 6.07) is 11.7. The minimum atomic E-state index is -0.296. The van der Waals surface area contributed by atoms with Gasteiger partial charge in [0.1, 0.15) is 11.4 Å². The molecule has 1 saturated carbocycles. The van der Waals surface area contributed by atoms with E-state index >= 15 is 0 Å². The van der Waals surface area contributed by atoms with Gasteiger partial charge in [0.15, 0.2) is 0 Å². The number of amides is 2. The smallest absolute Gasteiger partial charge is 0.275 e. The Hall–Kier alpha value is -3.91. The summed E-state index contributed by atoms with van der Waals surface area (Å²) in [5, 5.41) is 5.88. The number of fused-ring (bicyclic) bond motifs is 1. The summed E-state index contributed by atoms with van der Waals surface area (Å²) in [5.41, 5.74) is 6.11. The van der Waals surface area contributed by atoms with Gasteiger partial charge in [-0.2, -0.15) is 0 Å². The number of likely N-dealkylation sites (tertiary alicyclic amines) is 1. The Morgan fingerprint density at radius 3 is 2.51 bits per heavy atom. The highest BCUT2D eigenvalue weighted by Crippen LogP contribution is 2.34. The number of carbonyl (C=O) groups excluding carboxylic acids is 2. The topological polar surface area (TPSA) is 99.6 Å². The van der Waals surface area contributed by atoms with E-state index in [2.05, 4.69) is 36.6 Å². The molecule has 1 aromatic carbocycles. The van der Waals surface area contributed by atoms with Crippen LogP contribution < -0.4 is 10.6 Å². The molecule has 0 atom stereocenters. The van der Waals surface area contributed by atoms with Crippen molar-refractivity contribution in [3.8, 4) is 11.1 Å². The van der Waals surface area contributed by atoms with Crippen LogP contribution in [-0.4, -0.2) is 51.5 Å². The van der Waals surface area contributed by atoms with Crippen LogP contribution >= 0.6 is 0 Å². The maximum absolute atomic E-state index is 12.9. The Morgan fingerprint density at radius 1 is 0.892 bits per heavy atom. The zero-order valence-electron chi connectivity index (χ0n) is 20.7. The average Bonchev–Trinajstić information content (AvgIpc) is 3.60. The van der Waals surface area contributed by atoms with Gasteiger partial charge >= 0.3 is 0 Å². The Balaban J connectivity index is 1.10. The van der Waals surface area contributed by atoms with E-state index in [1.807, 2.05) is 30.6 Å². The second kappa shape index (κ2) is 10.2. The summed E-state index contributed by atoms with van der Waals surface area (Å²) in [7, 11) is 0. The van der Waals surface area contributed by atoms with Crippen molar-refractivity contribution >= 4 is 28.9 Å². The highest BCUT2D eigenvalue weighted by Gasteiger charge is 2.26. The fourth-order valence-electron chi connectivity index (χ4n) is 5.36. The van der Waals surface area contributed by atoms with Crippen LogP contribution in [0.1, 0.15) is 60.1 Å². The van der Waals surface area contributed by atoms with Crippen LogP contribution in [0.25, 0.3) is 11.1 Å². The minimum Gasteiger partial charge on any atom is -0.348 e. The predicted octanol–water partition coefficient (Wildman–Crippen LogP) is 4.48. The second-order valence-electron chi connectivity index (χ2n) is 10.1. The van der Waals surface area contributed by atoms with E-state index in [-0.39, 0.29) is 17.9 Å². The molecule has 37 heavy (non-hydrogen) atoms. The van der Waals surface area contributed by atoms with Gasteiger partial charge in [-0.3, -0.25) is 19.5 Å². The van der Waals surface area contributed by atoms with Gasteiger partial charge in [-0.05, 0) is 80.2 Å². The Labute approximate surface area is 216 Å². The highest BCUT2D eigenvalue weighted by atomic mass is 16.2. The number of nitrogens with one attached hydrogen (secondary N) is 2. The van der Waals surface area contributed by atoms with Crippen LogP contribution in [-0.2, 0) is 11.3 Å². The molecule has 2 fully saturated rings. The lowest BCUT2D eigenvalue weighted by Gasteiger charge is -2.19. The fraction of sp³-hybridized carbons (Fsp3) is 0.345. The van der Waals surface area contributed by atoms with Crippen LogP contribution in [0.15, 0.2) is 60.0 Å². The molecule has 3 aromatic rings. The molecule has 188 valence electrons. The van der Waals surface area contributed by atoms with Crippen molar-refractivity contribution in [2.75, 3.05) is 18.4 Å². The number of hydrogen-bond acceptors (Lipinski definition) is 6. The lowest BCUT2D eigenvalue weighted by Crippen LogP contribution is -2.33. The number of benzene rings is 1. The van der Waals surface area contributed by atoms with E-state index in [4.69, 9.17) is 0 Å². The molecule has 3 aliphatic rings. The molecule has 4 heterocycles. The molecule has 0 unspecified atom stereocenters. The summed E-state index contributed by atoms with van der Waals surface area (Å²) in [6.45, 7) is 3.20. The zero-order chi connectivity index (χ0) is 25.2. The SMILES string of the molecule is O=C(Nc1ccc(C(=O)NC2CCCC2)nc1)C1=Nc2ccc(-c3cncc(CN4CCCC4)c3)cc21. The molecule has 2 aromatic heterocycles. The van der Waals surface area contributed by atoms with Gasteiger partial charge in [-0.15, -0.1) is 0 Å². The van der Waals surface area contributed by atoms with Gasteiger partial charge in [-0.1, -0.05) is 18.9 Å². The quantitative estimate of drug-likeness (QED) is 0.504. The molecule has 0 bridgehead atoms. The summed E-state index contributed by atoms with van der Waals surface area (Å²) in [6.07, 6.45) is 12.2. The van der Waals surface area contributed by atoms with E-state index < -0.39 is 0 Å². The number of anilines is 1. The van der Waals surface area contributed by atoms with Crippen molar-refractivity contribution in [3.05, 3.63) is 71.8 Å². The van der Waals surface area contributed by atoms with Crippen molar-refractivity contribution in [2.45, 2.75) is 51.1 Å². The van der Waals surface area contributed by atoms with E-state index in [9.17, 15) is 9.59 Å². The number of pyridine rings is 2. The van der Waals surface area contributed by atoms with Crippen LogP contribution in [0, 0.1) is 0 Å². The van der Waals surface area contributed by atoms with E-state index in [0.717, 1.165) is 67.7 Å². The van der Waals surface area contributed by atoms with Crippen LogP contribution in [0.4, 0.5) is 11.4 Å². The number of nitrogens with zero attached hydrogens (tertiary/aromatic N) is 4. The molecule has 1 aliphatic carbocycles. The third-order valence-corrected chi connectivity index (χ3v) is 7.38. The number of hydrogen-bond donors (Lipinski definition) is 2. The number of carbonyl (C=O) groups is 2. The first-order chi connectivity index (χ1) is 18.1. The summed E-state index contributed by atoms with van der Waals surface area (Å²) < 4.78 is 0.